The first-order chi connectivity index (χ1) is 20.5. The molecular formula is C29H35N9O4. The van der Waals surface area contributed by atoms with Crippen LogP contribution in [0.5, 0.6) is 11.6 Å². The van der Waals surface area contributed by atoms with Gasteiger partial charge in [0, 0.05) is 51.4 Å². The summed E-state index contributed by atoms with van der Waals surface area (Å²) in [6.07, 6.45) is 10.6. The summed E-state index contributed by atoms with van der Waals surface area (Å²) in [4.78, 5) is 27.0. The molecule has 0 N–H and O–H groups in total. The lowest BCUT2D eigenvalue weighted by molar-refractivity contribution is -0.362. The molecule has 220 valence electrons. The van der Waals surface area contributed by atoms with Crippen molar-refractivity contribution < 1.29 is 18.9 Å². The Morgan fingerprint density at radius 2 is 1.83 bits per heavy atom. The van der Waals surface area contributed by atoms with Gasteiger partial charge >= 0.3 is 5.95 Å². The number of fused-ring (bicyclic) bond motifs is 1. The van der Waals surface area contributed by atoms with E-state index < -0.39 is 0 Å². The summed E-state index contributed by atoms with van der Waals surface area (Å²) in [6.45, 7) is 6.42. The van der Waals surface area contributed by atoms with Crippen LogP contribution in [0.15, 0.2) is 43.0 Å². The molecule has 4 aromatic heterocycles. The fourth-order valence-electron chi connectivity index (χ4n) is 5.49. The van der Waals surface area contributed by atoms with Gasteiger partial charge < -0.3 is 29.2 Å². The molecule has 1 aliphatic carbocycles. The maximum atomic E-state index is 11.6. The SMILES string of the molecule is C=[N+]([O-])c1ncc(COc2cnc3cc(N4CCOCC4)nc(O[C@H]4CC[C@@H](N(C)c5ncccn5)CC4)c3c2)n1C. The second-order valence-corrected chi connectivity index (χ2v) is 10.6. The molecule has 2 fully saturated rings. The molecule has 0 atom stereocenters. The van der Waals surface area contributed by atoms with Crippen LogP contribution in [0.1, 0.15) is 31.4 Å². The highest BCUT2D eigenvalue weighted by Crippen LogP contribution is 2.34. The van der Waals surface area contributed by atoms with Crippen LogP contribution in [0.4, 0.5) is 17.7 Å². The normalized spacial score (nSPS) is 19.0. The summed E-state index contributed by atoms with van der Waals surface area (Å²) >= 11 is 0. The maximum absolute atomic E-state index is 11.6. The predicted octanol–water partition coefficient (Wildman–Crippen LogP) is 3.24. The Kier molecular flexibility index (Phi) is 8.00. The largest absolute Gasteiger partial charge is 0.741 e. The molecule has 0 spiro atoms. The number of hydrogen-bond donors (Lipinski definition) is 0. The van der Waals surface area contributed by atoms with Gasteiger partial charge in [0.1, 0.15) is 30.5 Å². The topological polar surface area (TPSA) is 130 Å². The van der Waals surface area contributed by atoms with Crippen LogP contribution in [0.25, 0.3) is 10.9 Å². The molecule has 13 nitrogen and oxygen atoms in total. The maximum Gasteiger partial charge on any atom is 0.398 e. The summed E-state index contributed by atoms with van der Waals surface area (Å²) in [6, 6.07) is 6.09. The zero-order chi connectivity index (χ0) is 29.1. The molecule has 2 aliphatic rings. The Hall–Kier alpha value is -4.52. The number of imidazole rings is 1. The molecule has 0 radical (unpaired) electrons. The first-order valence-corrected chi connectivity index (χ1v) is 14.2. The second kappa shape index (κ2) is 12.1. The third-order valence-electron chi connectivity index (χ3n) is 7.95. The van der Waals surface area contributed by atoms with E-state index in [1.54, 1.807) is 36.4 Å². The Balaban J connectivity index is 1.21. The molecule has 5 heterocycles. The van der Waals surface area contributed by atoms with Crippen LogP contribution in [-0.4, -0.2) is 86.4 Å². The molecule has 1 saturated heterocycles. The van der Waals surface area contributed by atoms with Crippen molar-refractivity contribution in [1.82, 2.24) is 29.5 Å². The van der Waals surface area contributed by atoms with E-state index in [1.165, 1.54) is 0 Å². The number of aromatic nitrogens is 6. The standard InChI is InChI=1S/C29H35N9O4/c1-35(28-30-9-4-10-31-28)20-5-7-22(8-6-20)42-27-24-15-23(41-19-21-17-33-29(36(21)2)37(3)39)18-32-25(24)16-26(34-27)38-11-13-40-14-12-38/h4,9-10,15-18,20,22H,3,5-8,11-14,19H2,1-2H3/t20-,22+. The van der Waals surface area contributed by atoms with Crippen LogP contribution >= 0.6 is 0 Å². The monoisotopic (exact) mass is 573 g/mol. The van der Waals surface area contributed by atoms with Gasteiger partial charge in [-0.25, -0.2) is 14.5 Å². The first-order valence-electron chi connectivity index (χ1n) is 14.2. The molecule has 1 saturated carbocycles. The second-order valence-electron chi connectivity index (χ2n) is 10.6. The van der Waals surface area contributed by atoms with Crippen molar-refractivity contribution in [3.05, 3.63) is 53.9 Å². The number of morpholine rings is 1. The number of nitrogens with zero attached hydrogens (tertiary/aromatic N) is 9. The third kappa shape index (κ3) is 5.91. The highest BCUT2D eigenvalue weighted by Gasteiger charge is 2.28. The average Bonchev–Trinajstić information content (AvgIpc) is 3.41. The zero-order valence-electron chi connectivity index (χ0n) is 23.9. The number of rotatable bonds is 9. The lowest BCUT2D eigenvalue weighted by Crippen LogP contribution is -2.39. The summed E-state index contributed by atoms with van der Waals surface area (Å²) < 4.78 is 20.4. The number of anilines is 2. The van der Waals surface area contributed by atoms with Gasteiger partial charge in [0.15, 0.2) is 5.69 Å². The van der Waals surface area contributed by atoms with E-state index in [0.717, 1.165) is 67.1 Å². The highest BCUT2D eigenvalue weighted by molar-refractivity contribution is 5.87. The molecule has 0 bridgehead atoms. The van der Waals surface area contributed by atoms with Crippen molar-refractivity contribution in [3.63, 3.8) is 0 Å². The van der Waals surface area contributed by atoms with Gasteiger partial charge in [-0.15, -0.1) is 0 Å². The van der Waals surface area contributed by atoms with Crippen molar-refractivity contribution >= 4 is 35.3 Å². The van der Waals surface area contributed by atoms with Crippen LogP contribution in [0.3, 0.4) is 0 Å². The van der Waals surface area contributed by atoms with Crippen molar-refractivity contribution in [1.29, 1.82) is 0 Å². The van der Waals surface area contributed by atoms with Gasteiger partial charge in [-0.1, -0.05) is 4.98 Å². The Labute approximate surface area is 244 Å². The molecular weight excluding hydrogens is 538 g/mol. The van der Waals surface area contributed by atoms with Crippen LogP contribution in [0.2, 0.25) is 0 Å². The van der Waals surface area contributed by atoms with Crippen molar-refractivity contribution in [2.45, 2.75) is 44.4 Å². The third-order valence-corrected chi connectivity index (χ3v) is 7.95. The zero-order valence-corrected chi connectivity index (χ0v) is 23.9. The van der Waals surface area contributed by atoms with Crippen LogP contribution in [-0.2, 0) is 18.4 Å². The molecule has 0 aromatic carbocycles. The molecule has 42 heavy (non-hydrogen) atoms. The summed E-state index contributed by atoms with van der Waals surface area (Å²) in [5, 5.41) is 12.4. The highest BCUT2D eigenvalue weighted by atomic mass is 16.5. The van der Waals surface area contributed by atoms with E-state index in [9.17, 15) is 5.21 Å². The number of pyridine rings is 2. The van der Waals surface area contributed by atoms with Gasteiger partial charge in [-0.2, -0.15) is 4.98 Å². The minimum absolute atomic E-state index is 0.0251. The van der Waals surface area contributed by atoms with Crippen LogP contribution in [0, 0.1) is 5.21 Å². The Morgan fingerprint density at radius 1 is 1.07 bits per heavy atom. The molecule has 4 aromatic rings. The van der Waals surface area contributed by atoms with E-state index >= 15 is 0 Å². The Morgan fingerprint density at radius 3 is 2.55 bits per heavy atom. The fraction of sp³-hybridized carbons (Fsp3) is 0.448. The molecule has 1 aliphatic heterocycles. The predicted molar refractivity (Wildman–Crippen MR) is 158 cm³/mol. The van der Waals surface area contributed by atoms with Gasteiger partial charge in [-0.3, -0.25) is 9.72 Å². The minimum Gasteiger partial charge on any atom is -0.741 e. The van der Waals surface area contributed by atoms with Crippen molar-refractivity contribution in [2.75, 3.05) is 43.2 Å². The molecule has 0 unspecified atom stereocenters. The van der Waals surface area contributed by atoms with E-state index in [1.807, 2.05) is 18.2 Å². The fourth-order valence-corrected chi connectivity index (χ4v) is 5.49. The van der Waals surface area contributed by atoms with Gasteiger partial charge in [0.25, 0.3) is 0 Å². The van der Waals surface area contributed by atoms with Crippen molar-refractivity contribution in [3.8, 4) is 11.6 Å². The molecule has 13 heteroatoms. The minimum atomic E-state index is 0.0251. The lowest BCUT2D eigenvalue weighted by Gasteiger charge is -2.34. The quantitative estimate of drug-likeness (QED) is 0.127. The molecule has 0 amide bonds. The summed E-state index contributed by atoms with van der Waals surface area (Å²) in [5.74, 6) is 2.90. The summed E-state index contributed by atoms with van der Waals surface area (Å²) in [7, 11) is 3.80. The number of ether oxygens (including phenoxy) is 3. The lowest BCUT2D eigenvalue weighted by atomic mass is 9.92. The van der Waals surface area contributed by atoms with E-state index in [-0.39, 0.29) is 18.7 Å². The van der Waals surface area contributed by atoms with Crippen molar-refractivity contribution in [2.24, 2.45) is 7.05 Å². The first kappa shape index (κ1) is 27.6. The number of hydrogen-bond acceptors (Lipinski definition) is 11. The van der Waals surface area contributed by atoms with E-state index in [0.29, 0.717) is 35.6 Å². The summed E-state index contributed by atoms with van der Waals surface area (Å²) in [5.41, 5.74) is 1.51. The molecule has 6 rings (SSSR count). The van der Waals surface area contributed by atoms with Gasteiger partial charge in [-0.05, 0) is 37.8 Å². The van der Waals surface area contributed by atoms with Gasteiger partial charge in [0.2, 0.25) is 11.8 Å². The smallest absolute Gasteiger partial charge is 0.398 e. The van der Waals surface area contributed by atoms with E-state index in [4.69, 9.17) is 24.2 Å². The van der Waals surface area contributed by atoms with Gasteiger partial charge in [0.05, 0.1) is 37.4 Å². The van der Waals surface area contributed by atoms with Crippen LogP contribution < -0.4 is 19.3 Å². The van der Waals surface area contributed by atoms with E-state index in [2.05, 4.69) is 38.5 Å². The Bertz CT molecular complexity index is 1530. The average molecular weight is 574 g/mol.